The molecule has 0 aliphatic heterocycles. The lowest BCUT2D eigenvalue weighted by atomic mass is 9.89. The molecule has 0 aliphatic carbocycles. The van der Waals surface area contributed by atoms with E-state index in [1.807, 2.05) is 13.8 Å². The zero-order valence-electron chi connectivity index (χ0n) is 12.3. The first-order chi connectivity index (χ1) is 8.36. The van der Waals surface area contributed by atoms with Gasteiger partial charge in [0.1, 0.15) is 0 Å². The molecule has 18 heavy (non-hydrogen) atoms. The number of hydrogen-bond donors (Lipinski definition) is 0. The molecule has 1 atom stereocenters. The van der Waals surface area contributed by atoms with Gasteiger partial charge in [0.15, 0.2) is 0 Å². The largest absolute Gasteiger partial charge is 0.466 e. The Balaban J connectivity index is 4.40. The van der Waals surface area contributed by atoms with E-state index in [4.69, 9.17) is 0 Å². The van der Waals surface area contributed by atoms with Crippen LogP contribution in [0.15, 0.2) is 36.0 Å². The van der Waals surface area contributed by atoms with E-state index in [1.165, 1.54) is 7.11 Å². The Bertz CT molecular complexity index is 335. The third kappa shape index (κ3) is 7.88. The maximum Gasteiger partial charge on any atom is 0.330 e. The summed E-state index contributed by atoms with van der Waals surface area (Å²) < 4.78 is 4.61. The van der Waals surface area contributed by atoms with E-state index >= 15 is 0 Å². The molecule has 0 aromatic carbocycles. The molecule has 0 aliphatic rings. The number of methoxy groups -OCH3 is 1. The summed E-state index contributed by atoms with van der Waals surface area (Å²) in [6.45, 7) is 12.3. The van der Waals surface area contributed by atoms with Crippen molar-refractivity contribution in [3.8, 4) is 0 Å². The smallest absolute Gasteiger partial charge is 0.330 e. The van der Waals surface area contributed by atoms with Crippen LogP contribution in [0.25, 0.3) is 0 Å². The van der Waals surface area contributed by atoms with Crippen LogP contribution in [0.4, 0.5) is 0 Å². The monoisotopic (exact) mass is 250 g/mol. The second-order valence-corrected chi connectivity index (χ2v) is 5.17. The molecule has 0 bridgehead atoms. The predicted octanol–water partition coefficient (Wildman–Crippen LogP) is 4.29. The van der Waals surface area contributed by atoms with Crippen LogP contribution in [-0.4, -0.2) is 13.1 Å². The second-order valence-electron chi connectivity index (χ2n) is 5.17. The summed E-state index contributed by atoms with van der Waals surface area (Å²) in [5.74, 6) is 0.834. The Kier molecular flexibility index (Phi) is 8.10. The van der Waals surface area contributed by atoms with Crippen molar-refractivity contribution in [3.63, 3.8) is 0 Å². The van der Waals surface area contributed by atoms with Gasteiger partial charge in [-0.2, -0.15) is 0 Å². The van der Waals surface area contributed by atoms with Gasteiger partial charge >= 0.3 is 5.97 Å². The topological polar surface area (TPSA) is 26.3 Å². The highest BCUT2D eigenvalue weighted by Gasteiger charge is 2.10. The van der Waals surface area contributed by atoms with Gasteiger partial charge in [-0.15, -0.1) is 0 Å². The van der Waals surface area contributed by atoms with E-state index in [2.05, 4.69) is 37.3 Å². The third-order valence-electron chi connectivity index (χ3n) is 2.92. The van der Waals surface area contributed by atoms with Crippen LogP contribution in [0.5, 0.6) is 0 Å². The molecule has 2 nitrogen and oxygen atoms in total. The SMILES string of the molecule is C=C(C)C=CC(CCC(C)=CC(=O)OC)C(C)C. The fourth-order valence-corrected chi connectivity index (χ4v) is 1.67. The average molecular weight is 250 g/mol. The fraction of sp³-hybridized carbons (Fsp3) is 0.562. The average Bonchev–Trinajstić information content (AvgIpc) is 2.27. The molecular formula is C16H26O2. The Hall–Kier alpha value is -1.31. The normalized spacial score (nSPS) is 14.0. The molecule has 2 heteroatoms. The molecule has 0 amide bonds. The van der Waals surface area contributed by atoms with Crippen LogP contribution in [0.2, 0.25) is 0 Å². The highest BCUT2D eigenvalue weighted by Crippen LogP contribution is 2.21. The minimum Gasteiger partial charge on any atom is -0.466 e. The highest BCUT2D eigenvalue weighted by atomic mass is 16.5. The lowest BCUT2D eigenvalue weighted by molar-refractivity contribution is -0.134. The van der Waals surface area contributed by atoms with Crippen molar-refractivity contribution in [1.29, 1.82) is 0 Å². The standard InChI is InChI=1S/C16H26O2/c1-12(2)7-9-15(13(3)4)10-8-14(5)11-16(17)18-6/h7,9,11,13,15H,1,8,10H2,2-6H3. The maximum absolute atomic E-state index is 11.1. The van der Waals surface area contributed by atoms with Gasteiger partial charge < -0.3 is 4.74 Å². The molecular weight excluding hydrogens is 224 g/mol. The molecule has 102 valence electrons. The Labute approximate surface area is 111 Å². The van der Waals surface area contributed by atoms with Crippen molar-refractivity contribution in [2.75, 3.05) is 7.11 Å². The van der Waals surface area contributed by atoms with Gasteiger partial charge in [0.25, 0.3) is 0 Å². The summed E-state index contributed by atoms with van der Waals surface area (Å²) >= 11 is 0. The number of hydrogen-bond acceptors (Lipinski definition) is 2. The minimum atomic E-state index is -0.272. The summed E-state index contributed by atoms with van der Waals surface area (Å²) in [7, 11) is 1.40. The lowest BCUT2D eigenvalue weighted by Gasteiger charge is -2.17. The van der Waals surface area contributed by atoms with Crippen molar-refractivity contribution in [1.82, 2.24) is 0 Å². The molecule has 0 heterocycles. The summed E-state index contributed by atoms with van der Waals surface area (Å²) in [5, 5.41) is 0. The van der Waals surface area contributed by atoms with E-state index in [-0.39, 0.29) is 5.97 Å². The summed E-state index contributed by atoms with van der Waals surface area (Å²) in [5.41, 5.74) is 2.14. The van der Waals surface area contributed by atoms with E-state index in [1.54, 1.807) is 6.08 Å². The van der Waals surface area contributed by atoms with Gasteiger partial charge in [0, 0.05) is 6.08 Å². The Morgan fingerprint density at radius 1 is 1.33 bits per heavy atom. The van der Waals surface area contributed by atoms with Crippen molar-refractivity contribution in [3.05, 3.63) is 36.0 Å². The number of carbonyl (C=O) groups is 1. The molecule has 0 aromatic rings. The van der Waals surface area contributed by atoms with Crippen molar-refractivity contribution in [2.45, 2.75) is 40.5 Å². The number of carbonyl (C=O) groups excluding carboxylic acids is 1. The summed E-state index contributed by atoms with van der Waals surface area (Å²) in [4.78, 5) is 11.1. The van der Waals surface area contributed by atoms with E-state index < -0.39 is 0 Å². The van der Waals surface area contributed by atoms with Crippen molar-refractivity contribution < 1.29 is 9.53 Å². The van der Waals surface area contributed by atoms with Crippen molar-refractivity contribution in [2.24, 2.45) is 11.8 Å². The zero-order valence-corrected chi connectivity index (χ0v) is 12.3. The number of ether oxygens (including phenoxy) is 1. The van der Waals surface area contributed by atoms with Gasteiger partial charge in [0.2, 0.25) is 0 Å². The lowest BCUT2D eigenvalue weighted by Crippen LogP contribution is -2.06. The van der Waals surface area contributed by atoms with Gasteiger partial charge in [-0.3, -0.25) is 0 Å². The van der Waals surface area contributed by atoms with Crippen LogP contribution in [0, 0.1) is 11.8 Å². The minimum absolute atomic E-state index is 0.272. The number of rotatable bonds is 7. The van der Waals surface area contributed by atoms with E-state index in [0.717, 1.165) is 24.0 Å². The first kappa shape index (κ1) is 16.7. The zero-order chi connectivity index (χ0) is 14.1. The van der Waals surface area contributed by atoms with Crippen LogP contribution in [0.1, 0.15) is 40.5 Å². The molecule has 0 saturated carbocycles. The first-order valence-electron chi connectivity index (χ1n) is 6.45. The molecule has 0 N–H and O–H groups in total. The van der Waals surface area contributed by atoms with Crippen LogP contribution >= 0.6 is 0 Å². The molecule has 0 aromatic heterocycles. The molecule has 1 unspecified atom stereocenters. The molecule has 0 rings (SSSR count). The number of esters is 1. The van der Waals surface area contributed by atoms with Gasteiger partial charge in [-0.25, -0.2) is 4.79 Å². The molecule has 0 saturated heterocycles. The summed E-state index contributed by atoms with van der Waals surface area (Å²) in [6.07, 6.45) is 7.82. The maximum atomic E-state index is 11.1. The Morgan fingerprint density at radius 2 is 1.94 bits per heavy atom. The summed E-state index contributed by atoms with van der Waals surface area (Å²) in [6, 6.07) is 0. The van der Waals surface area contributed by atoms with Crippen LogP contribution in [0.3, 0.4) is 0 Å². The van der Waals surface area contributed by atoms with Gasteiger partial charge in [-0.1, -0.05) is 43.7 Å². The van der Waals surface area contributed by atoms with Crippen molar-refractivity contribution >= 4 is 5.97 Å². The second kappa shape index (κ2) is 8.73. The first-order valence-corrected chi connectivity index (χ1v) is 6.45. The Morgan fingerprint density at radius 3 is 2.39 bits per heavy atom. The molecule has 0 radical (unpaired) electrons. The van der Waals surface area contributed by atoms with E-state index in [9.17, 15) is 4.79 Å². The van der Waals surface area contributed by atoms with E-state index in [0.29, 0.717) is 11.8 Å². The van der Waals surface area contributed by atoms with Gasteiger partial charge in [0.05, 0.1) is 7.11 Å². The van der Waals surface area contributed by atoms with Gasteiger partial charge in [-0.05, 0) is 38.5 Å². The fourth-order valence-electron chi connectivity index (χ4n) is 1.67. The number of allylic oxidation sites excluding steroid dienone is 4. The predicted molar refractivity (Wildman–Crippen MR) is 77.3 cm³/mol. The quantitative estimate of drug-likeness (QED) is 0.383. The molecule has 0 fully saturated rings. The molecule has 0 spiro atoms. The van der Waals surface area contributed by atoms with Crippen LogP contribution < -0.4 is 0 Å². The van der Waals surface area contributed by atoms with Crippen LogP contribution in [-0.2, 0) is 9.53 Å². The third-order valence-corrected chi connectivity index (χ3v) is 2.92. The highest BCUT2D eigenvalue weighted by molar-refractivity contribution is 5.82.